The minimum Gasteiger partial charge on any atom is -0.469 e. The van der Waals surface area contributed by atoms with Crippen molar-refractivity contribution in [2.24, 2.45) is 0 Å². The first kappa shape index (κ1) is 10.3. The summed E-state index contributed by atoms with van der Waals surface area (Å²) in [5.74, 6) is 1.07. The summed E-state index contributed by atoms with van der Waals surface area (Å²) in [5, 5.41) is 3.46. The Morgan fingerprint density at radius 1 is 1.54 bits per heavy atom. The lowest BCUT2D eigenvalue weighted by Crippen LogP contribution is -2.27. The third-order valence-electron chi connectivity index (χ3n) is 2.17. The van der Waals surface area contributed by atoms with Gasteiger partial charge in [0, 0.05) is 19.0 Å². The van der Waals surface area contributed by atoms with Gasteiger partial charge < -0.3 is 9.73 Å². The Morgan fingerprint density at radius 2 is 2.38 bits per heavy atom. The largest absolute Gasteiger partial charge is 0.469 e. The van der Waals surface area contributed by atoms with Crippen molar-refractivity contribution in [3.63, 3.8) is 0 Å². The van der Waals surface area contributed by atoms with E-state index in [1.54, 1.807) is 6.26 Å². The molecule has 1 atom stereocenters. The molecule has 0 aromatic carbocycles. The van der Waals surface area contributed by atoms with Crippen LogP contribution >= 0.6 is 0 Å². The summed E-state index contributed by atoms with van der Waals surface area (Å²) < 4.78 is 5.24. The number of hydrogen-bond acceptors (Lipinski definition) is 2. The second kappa shape index (κ2) is 5.81. The summed E-state index contributed by atoms with van der Waals surface area (Å²) >= 11 is 0. The van der Waals surface area contributed by atoms with E-state index in [0.717, 1.165) is 18.7 Å². The van der Waals surface area contributed by atoms with E-state index in [1.165, 1.54) is 12.8 Å². The maximum atomic E-state index is 5.24. The molecule has 1 heterocycles. The normalized spacial score (nSPS) is 13.1. The summed E-state index contributed by atoms with van der Waals surface area (Å²) in [6.07, 6.45) is 5.21. The topological polar surface area (TPSA) is 25.2 Å². The molecular formula is C11H19NO. The number of furan rings is 1. The quantitative estimate of drug-likeness (QED) is 0.729. The lowest BCUT2D eigenvalue weighted by Gasteiger charge is -2.11. The fourth-order valence-corrected chi connectivity index (χ4v) is 1.43. The molecule has 0 aliphatic carbocycles. The summed E-state index contributed by atoms with van der Waals surface area (Å²) in [6.45, 7) is 5.45. The molecule has 0 radical (unpaired) electrons. The van der Waals surface area contributed by atoms with Crippen molar-refractivity contribution in [1.82, 2.24) is 5.32 Å². The first-order valence-corrected chi connectivity index (χ1v) is 5.08. The van der Waals surface area contributed by atoms with Crippen molar-refractivity contribution < 1.29 is 4.42 Å². The summed E-state index contributed by atoms with van der Waals surface area (Å²) in [6, 6.07) is 4.58. The lowest BCUT2D eigenvalue weighted by atomic mass is 10.2. The average Bonchev–Trinajstić information content (AvgIpc) is 2.57. The van der Waals surface area contributed by atoms with Crippen LogP contribution in [0.15, 0.2) is 22.8 Å². The van der Waals surface area contributed by atoms with Crippen LogP contribution < -0.4 is 5.32 Å². The second-order valence-electron chi connectivity index (χ2n) is 3.47. The molecule has 0 amide bonds. The minimum absolute atomic E-state index is 0.625. The van der Waals surface area contributed by atoms with Crippen molar-refractivity contribution in [2.75, 3.05) is 6.54 Å². The Morgan fingerprint density at radius 3 is 3.00 bits per heavy atom. The van der Waals surface area contributed by atoms with Crippen molar-refractivity contribution in [2.45, 2.75) is 39.2 Å². The predicted octanol–water partition coefficient (Wildman–Crippen LogP) is 2.60. The smallest absolute Gasteiger partial charge is 0.105 e. The molecule has 1 aromatic heterocycles. The molecule has 1 rings (SSSR count). The van der Waals surface area contributed by atoms with Gasteiger partial charge in [0.1, 0.15) is 5.76 Å². The molecule has 2 nitrogen and oxygen atoms in total. The van der Waals surface area contributed by atoms with E-state index in [4.69, 9.17) is 4.42 Å². The maximum Gasteiger partial charge on any atom is 0.105 e. The van der Waals surface area contributed by atoms with Crippen LogP contribution in [0, 0.1) is 0 Å². The zero-order valence-corrected chi connectivity index (χ0v) is 8.55. The van der Waals surface area contributed by atoms with Gasteiger partial charge in [-0.05, 0) is 25.5 Å². The van der Waals surface area contributed by atoms with E-state index in [-0.39, 0.29) is 0 Å². The van der Waals surface area contributed by atoms with Gasteiger partial charge in [-0.1, -0.05) is 13.3 Å². The highest BCUT2D eigenvalue weighted by atomic mass is 16.3. The molecule has 0 bridgehead atoms. The van der Waals surface area contributed by atoms with E-state index in [2.05, 4.69) is 19.2 Å². The average molecular weight is 181 g/mol. The van der Waals surface area contributed by atoms with Gasteiger partial charge >= 0.3 is 0 Å². The molecule has 0 saturated carbocycles. The van der Waals surface area contributed by atoms with Crippen LogP contribution in [0.4, 0.5) is 0 Å². The van der Waals surface area contributed by atoms with Crippen LogP contribution in [0.25, 0.3) is 0 Å². The molecule has 0 saturated heterocycles. The van der Waals surface area contributed by atoms with Crippen LogP contribution in [0.3, 0.4) is 0 Å². The summed E-state index contributed by atoms with van der Waals surface area (Å²) in [5.41, 5.74) is 0. The van der Waals surface area contributed by atoms with Gasteiger partial charge in [0.15, 0.2) is 0 Å². The van der Waals surface area contributed by atoms with E-state index >= 15 is 0 Å². The Hall–Kier alpha value is -0.760. The third kappa shape index (κ3) is 4.13. The number of hydrogen-bond donors (Lipinski definition) is 1. The Bertz CT molecular complexity index is 206. The number of rotatable bonds is 6. The van der Waals surface area contributed by atoms with Crippen molar-refractivity contribution in [3.05, 3.63) is 24.2 Å². The first-order valence-electron chi connectivity index (χ1n) is 5.08. The van der Waals surface area contributed by atoms with Gasteiger partial charge in [-0.15, -0.1) is 0 Å². The Labute approximate surface area is 80.3 Å². The van der Waals surface area contributed by atoms with Gasteiger partial charge in [0.05, 0.1) is 6.26 Å². The first-order chi connectivity index (χ1) is 6.33. The predicted molar refractivity (Wildman–Crippen MR) is 54.8 cm³/mol. The van der Waals surface area contributed by atoms with Gasteiger partial charge in [-0.3, -0.25) is 0 Å². The molecule has 1 unspecified atom stereocenters. The fourth-order valence-electron chi connectivity index (χ4n) is 1.43. The van der Waals surface area contributed by atoms with E-state index in [9.17, 15) is 0 Å². The van der Waals surface area contributed by atoms with Gasteiger partial charge in [-0.25, -0.2) is 0 Å². The van der Waals surface area contributed by atoms with Crippen LogP contribution in [-0.2, 0) is 6.42 Å². The third-order valence-corrected chi connectivity index (χ3v) is 2.17. The highest BCUT2D eigenvalue weighted by Crippen LogP contribution is 2.00. The maximum absolute atomic E-state index is 5.24. The van der Waals surface area contributed by atoms with E-state index in [0.29, 0.717) is 6.04 Å². The van der Waals surface area contributed by atoms with Crippen LogP contribution in [0.1, 0.15) is 32.4 Å². The molecule has 0 aliphatic heterocycles. The van der Waals surface area contributed by atoms with Gasteiger partial charge in [-0.2, -0.15) is 0 Å². The molecule has 13 heavy (non-hydrogen) atoms. The highest BCUT2D eigenvalue weighted by Gasteiger charge is 1.99. The summed E-state index contributed by atoms with van der Waals surface area (Å²) in [7, 11) is 0. The Kier molecular flexibility index (Phi) is 4.61. The zero-order valence-electron chi connectivity index (χ0n) is 8.55. The van der Waals surface area contributed by atoms with Crippen molar-refractivity contribution in [3.8, 4) is 0 Å². The second-order valence-corrected chi connectivity index (χ2v) is 3.47. The van der Waals surface area contributed by atoms with Crippen LogP contribution in [0.5, 0.6) is 0 Å². The molecular weight excluding hydrogens is 162 g/mol. The molecule has 74 valence electrons. The molecule has 1 N–H and O–H groups in total. The lowest BCUT2D eigenvalue weighted by molar-refractivity contribution is 0.469. The highest BCUT2D eigenvalue weighted by molar-refractivity contribution is 4.98. The number of nitrogens with one attached hydrogen (secondary N) is 1. The monoisotopic (exact) mass is 181 g/mol. The molecule has 1 aromatic rings. The van der Waals surface area contributed by atoms with Gasteiger partial charge in [0.2, 0.25) is 0 Å². The zero-order chi connectivity index (χ0) is 9.52. The van der Waals surface area contributed by atoms with Gasteiger partial charge in [0.25, 0.3) is 0 Å². The van der Waals surface area contributed by atoms with E-state index in [1.807, 2.05) is 12.1 Å². The Balaban J connectivity index is 2.07. The summed E-state index contributed by atoms with van der Waals surface area (Å²) in [4.78, 5) is 0. The van der Waals surface area contributed by atoms with Crippen molar-refractivity contribution in [1.29, 1.82) is 0 Å². The van der Waals surface area contributed by atoms with Crippen LogP contribution in [0.2, 0.25) is 0 Å². The van der Waals surface area contributed by atoms with Crippen LogP contribution in [-0.4, -0.2) is 12.6 Å². The standard InChI is InChI=1S/C11H19NO/c1-3-5-10(2)12-8-7-11-6-4-9-13-11/h4,6,9-10,12H,3,5,7-8H2,1-2H3. The van der Waals surface area contributed by atoms with E-state index < -0.39 is 0 Å². The fraction of sp³-hybridized carbons (Fsp3) is 0.636. The van der Waals surface area contributed by atoms with Crippen molar-refractivity contribution >= 4 is 0 Å². The SMILES string of the molecule is CCCC(C)NCCc1ccco1. The molecule has 0 fully saturated rings. The molecule has 2 heteroatoms. The molecule has 0 aliphatic rings. The molecule has 0 spiro atoms. The minimum atomic E-state index is 0.625.